The van der Waals surface area contributed by atoms with Crippen LogP contribution in [0.15, 0.2) is 6.33 Å². The van der Waals surface area contributed by atoms with Crippen molar-refractivity contribution in [2.24, 2.45) is 0 Å². The van der Waals surface area contributed by atoms with Gasteiger partial charge in [0.05, 0.1) is 0 Å². The summed E-state index contributed by atoms with van der Waals surface area (Å²) in [5.41, 5.74) is 1.10. The Morgan fingerprint density at radius 1 is 1.26 bits per heavy atom. The summed E-state index contributed by atoms with van der Waals surface area (Å²) in [5, 5.41) is 6.74. The van der Waals surface area contributed by atoms with Gasteiger partial charge in [-0.05, 0) is 40.3 Å². The fourth-order valence-electron chi connectivity index (χ4n) is 2.59. The summed E-state index contributed by atoms with van der Waals surface area (Å²) in [6.45, 7) is 7.18. The van der Waals surface area contributed by atoms with Crippen LogP contribution in [-0.4, -0.2) is 47.6 Å². The highest BCUT2D eigenvalue weighted by Gasteiger charge is 2.19. The van der Waals surface area contributed by atoms with Crippen LogP contribution in [0.1, 0.15) is 31.7 Å². The normalized spacial score (nSPS) is 20.3. The van der Waals surface area contributed by atoms with E-state index in [1.54, 1.807) is 6.33 Å². The summed E-state index contributed by atoms with van der Waals surface area (Å²) in [5.74, 6) is 1.88. The number of rotatable bonds is 5. The second-order valence-corrected chi connectivity index (χ2v) is 5.24. The molecule has 0 saturated carbocycles. The van der Waals surface area contributed by atoms with Crippen molar-refractivity contribution in [3.63, 3.8) is 0 Å². The second-order valence-electron chi connectivity index (χ2n) is 5.24. The van der Waals surface area contributed by atoms with Gasteiger partial charge >= 0.3 is 0 Å². The highest BCUT2D eigenvalue weighted by molar-refractivity contribution is 5.56. The van der Waals surface area contributed by atoms with Crippen molar-refractivity contribution in [2.45, 2.75) is 39.2 Å². The molecule has 0 aliphatic carbocycles. The molecule has 5 heteroatoms. The summed E-state index contributed by atoms with van der Waals surface area (Å²) in [7, 11) is 2.21. The first kappa shape index (κ1) is 14.1. The van der Waals surface area contributed by atoms with Gasteiger partial charge in [-0.2, -0.15) is 0 Å². The Bertz CT molecular complexity index is 407. The van der Waals surface area contributed by atoms with Crippen LogP contribution in [0.3, 0.4) is 0 Å². The van der Waals surface area contributed by atoms with E-state index in [2.05, 4.69) is 46.4 Å². The maximum Gasteiger partial charge on any atom is 0.134 e. The Kier molecular flexibility index (Phi) is 4.96. The molecule has 0 spiro atoms. The quantitative estimate of drug-likeness (QED) is 0.852. The summed E-state index contributed by atoms with van der Waals surface area (Å²) in [4.78, 5) is 11.1. The molecule has 1 atom stereocenters. The molecule has 1 fully saturated rings. The third kappa shape index (κ3) is 3.56. The Morgan fingerprint density at radius 2 is 2.00 bits per heavy atom. The van der Waals surface area contributed by atoms with E-state index in [0.717, 1.165) is 30.3 Å². The van der Waals surface area contributed by atoms with E-state index in [0.29, 0.717) is 6.04 Å². The predicted molar refractivity (Wildman–Crippen MR) is 79.7 cm³/mol. The standard InChI is InChI=1S/C14H25N5/c1-4-15-13-11(2)14(18-10-17-13)16-9-12-7-5-6-8-19(12)3/h10,12H,4-9H2,1-3H3,(H2,15,16,17,18). The van der Waals surface area contributed by atoms with Gasteiger partial charge in [-0.25, -0.2) is 9.97 Å². The van der Waals surface area contributed by atoms with E-state index < -0.39 is 0 Å². The van der Waals surface area contributed by atoms with Crippen LogP contribution in [0.2, 0.25) is 0 Å². The predicted octanol–water partition coefficient (Wildman–Crippen LogP) is 2.11. The smallest absolute Gasteiger partial charge is 0.134 e. The van der Waals surface area contributed by atoms with Gasteiger partial charge in [0.25, 0.3) is 0 Å². The van der Waals surface area contributed by atoms with Crippen molar-refractivity contribution in [2.75, 3.05) is 37.3 Å². The van der Waals surface area contributed by atoms with Crippen molar-refractivity contribution < 1.29 is 0 Å². The maximum absolute atomic E-state index is 4.35. The van der Waals surface area contributed by atoms with E-state index in [9.17, 15) is 0 Å². The first-order valence-corrected chi connectivity index (χ1v) is 7.22. The van der Waals surface area contributed by atoms with E-state index >= 15 is 0 Å². The minimum Gasteiger partial charge on any atom is -0.370 e. The lowest BCUT2D eigenvalue weighted by Crippen LogP contribution is -2.40. The molecule has 0 amide bonds. The summed E-state index contributed by atoms with van der Waals surface area (Å²) < 4.78 is 0. The number of nitrogens with one attached hydrogen (secondary N) is 2. The molecule has 0 radical (unpaired) electrons. The van der Waals surface area contributed by atoms with Crippen molar-refractivity contribution in [1.29, 1.82) is 0 Å². The minimum absolute atomic E-state index is 0.616. The molecule has 2 rings (SSSR count). The van der Waals surface area contributed by atoms with Gasteiger partial charge in [-0.3, -0.25) is 0 Å². The van der Waals surface area contributed by atoms with Crippen molar-refractivity contribution in [3.05, 3.63) is 11.9 Å². The largest absolute Gasteiger partial charge is 0.370 e. The van der Waals surface area contributed by atoms with Gasteiger partial charge in [0.2, 0.25) is 0 Å². The number of hydrogen-bond donors (Lipinski definition) is 2. The number of nitrogens with zero attached hydrogens (tertiary/aromatic N) is 3. The number of aromatic nitrogens is 2. The molecule has 1 aromatic heterocycles. The lowest BCUT2D eigenvalue weighted by Gasteiger charge is -2.32. The van der Waals surface area contributed by atoms with Crippen LogP contribution < -0.4 is 10.6 Å². The topological polar surface area (TPSA) is 53.1 Å². The fraction of sp³-hybridized carbons (Fsp3) is 0.714. The molecule has 19 heavy (non-hydrogen) atoms. The molecule has 2 N–H and O–H groups in total. The van der Waals surface area contributed by atoms with Gasteiger partial charge in [0.15, 0.2) is 0 Å². The minimum atomic E-state index is 0.616. The van der Waals surface area contributed by atoms with E-state index in [1.807, 2.05) is 0 Å². The van der Waals surface area contributed by atoms with Gasteiger partial charge in [0.1, 0.15) is 18.0 Å². The first-order chi connectivity index (χ1) is 9.22. The molecule has 1 aliphatic rings. The summed E-state index contributed by atoms with van der Waals surface area (Å²) in [6.07, 6.45) is 5.55. The van der Waals surface area contributed by atoms with Crippen LogP contribution in [0.25, 0.3) is 0 Å². The Hall–Kier alpha value is -1.36. The average Bonchev–Trinajstić information content (AvgIpc) is 2.42. The number of likely N-dealkylation sites (N-methyl/N-ethyl adjacent to an activating group) is 1. The van der Waals surface area contributed by atoms with Crippen molar-refractivity contribution in [3.8, 4) is 0 Å². The SMILES string of the molecule is CCNc1ncnc(NCC2CCCCN2C)c1C. The van der Waals surface area contributed by atoms with Crippen LogP contribution in [-0.2, 0) is 0 Å². The zero-order chi connectivity index (χ0) is 13.7. The maximum atomic E-state index is 4.35. The Morgan fingerprint density at radius 3 is 2.68 bits per heavy atom. The Balaban J connectivity index is 1.97. The van der Waals surface area contributed by atoms with E-state index in [4.69, 9.17) is 0 Å². The molecular formula is C14H25N5. The first-order valence-electron chi connectivity index (χ1n) is 7.22. The highest BCUT2D eigenvalue weighted by atomic mass is 15.2. The third-order valence-corrected chi connectivity index (χ3v) is 3.85. The molecule has 1 saturated heterocycles. The van der Waals surface area contributed by atoms with Crippen LogP contribution in [0, 0.1) is 6.92 Å². The number of hydrogen-bond acceptors (Lipinski definition) is 5. The number of piperidine rings is 1. The van der Waals surface area contributed by atoms with E-state index in [1.165, 1.54) is 25.8 Å². The van der Waals surface area contributed by atoms with Gasteiger partial charge in [0, 0.05) is 24.7 Å². The zero-order valence-electron chi connectivity index (χ0n) is 12.2. The molecule has 0 aromatic carbocycles. The summed E-state index contributed by atoms with van der Waals surface area (Å²) >= 11 is 0. The molecular weight excluding hydrogens is 238 g/mol. The molecule has 1 aromatic rings. The monoisotopic (exact) mass is 263 g/mol. The second kappa shape index (κ2) is 6.70. The van der Waals surface area contributed by atoms with Gasteiger partial charge in [-0.1, -0.05) is 6.42 Å². The van der Waals surface area contributed by atoms with Crippen LogP contribution >= 0.6 is 0 Å². The molecule has 1 unspecified atom stereocenters. The Labute approximate surface area is 115 Å². The van der Waals surface area contributed by atoms with Crippen LogP contribution in [0.5, 0.6) is 0 Å². The zero-order valence-corrected chi connectivity index (χ0v) is 12.2. The average molecular weight is 263 g/mol. The van der Waals surface area contributed by atoms with E-state index in [-0.39, 0.29) is 0 Å². The highest BCUT2D eigenvalue weighted by Crippen LogP contribution is 2.20. The molecule has 5 nitrogen and oxygen atoms in total. The summed E-state index contributed by atoms with van der Waals surface area (Å²) in [6, 6.07) is 0.616. The third-order valence-electron chi connectivity index (χ3n) is 3.85. The number of anilines is 2. The molecule has 0 bridgehead atoms. The molecule has 1 aliphatic heterocycles. The van der Waals surface area contributed by atoms with Crippen LogP contribution in [0.4, 0.5) is 11.6 Å². The molecule has 2 heterocycles. The lowest BCUT2D eigenvalue weighted by atomic mass is 10.0. The fourth-order valence-corrected chi connectivity index (χ4v) is 2.59. The lowest BCUT2D eigenvalue weighted by molar-refractivity contribution is 0.194. The van der Waals surface area contributed by atoms with Gasteiger partial charge < -0.3 is 15.5 Å². The van der Waals surface area contributed by atoms with Crippen molar-refractivity contribution in [1.82, 2.24) is 14.9 Å². The number of likely N-dealkylation sites (tertiary alicyclic amines) is 1. The molecule has 106 valence electrons. The van der Waals surface area contributed by atoms with Gasteiger partial charge in [-0.15, -0.1) is 0 Å². The van der Waals surface area contributed by atoms with Crippen molar-refractivity contribution >= 4 is 11.6 Å².